The first-order valence-electron chi connectivity index (χ1n) is 9.00. The van der Waals surface area contributed by atoms with Crippen LogP contribution in [-0.4, -0.2) is 65.0 Å². The van der Waals surface area contributed by atoms with E-state index in [0.29, 0.717) is 5.56 Å². The Balaban J connectivity index is 2.00. The molecule has 6 atom stereocenters. The fraction of sp³-hybridized carbons (Fsp3) is 0.625. The van der Waals surface area contributed by atoms with Gasteiger partial charge in [0.1, 0.15) is 24.4 Å². The number of alkyl halides is 6. The predicted molar refractivity (Wildman–Crippen MR) is 94.0 cm³/mol. The van der Waals surface area contributed by atoms with Crippen LogP contribution in [0.3, 0.4) is 0 Å². The molecule has 0 saturated carbocycles. The molecule has 0 aliphatic carbocycles. The smallest absolute Gasteiger partial charge is 0.367 e. The molecule has 2 aliphatic heterocycles. The highest BCUT2D eigenvalue weighted by Crippen LogP contribution is 2.40. The summed E-state index contributed by atoms with van der Waals surface area (Å²) in [5.41, 5.74) is -11.6. The lowest BCUT2D eigenvalue weighted by Gasteiger charge is -2.47. The molecule has 0 radical (unpaired) electrons. The lowest BCUT2D eigenvalue weighted by molar-refractivity contribution is -0.320. The summed E-state index contributed by atoms with van der Waals surface area (Å²) in [6, 6.07) is 7.70. The lowest BCUT2D eigenvalue weighted by atomic mass is 9.95. The van der Waals surface area contributed by atoms with Crippen molar-refractivity contribution in [3.8, 4) is 0 Å². The number of halogens is 6. The van der Waals surface area contributed by atoms with Crippen molar-refractivity contribution in [2.75, 3.05) is 6.61 Å². The minimum atomic E-state index is -6.41. The van der Waals surface area contributed by atoms with Crippen LogP contribution in [0.1, 0.15) is 18.8 Å². The lowest BCUT2D eigenvalue weighted by Crippen LogP contribution is -2.63. The van der Waals surface area contributed by atoms with Crippen LogP contribution >= 0.6 is 0 Å². The molecule has 0 aromatic heterocycles. The van der Waals surface area contributed by atoms with Gasteiger partial charge >= 0.3 is 31.3 Å². The van der Waals surface area contributed by atoms with Crippen molar-refractivity contribution >= 4 is 20.2 Å². The van der Waals surface area contributed by atoms with Crippen molar-refractivity contribution in [2.45, 2.75) is 54.8 Å². The van der Waals surface area contributed by atoms with Gasteiger partial charge < -0.3 is 14.2 Å². The summed E-state index contributed by atoms with van der Waals surface area (Å²) in [5.74, 6) is 0. The van der Waals surface area contributed by atoms with Crippen molar-refractivity contribution < 1.29 is 65.8 Å². The first-order chi connectivity index (χ1) is 15.0. The summed E-state index contributed by atoms with van der Waals surface area (Å²) < 4.78 is 148. The van der Waals surface area contributed by atoms with E-state index in [0.717, 1.165) is 6.92 Å². The highest BCUT2D eigenvalue weighted by atomic mass is 32.2. The average molecular weight is 530 g/mol. The van der Waals surface area contributed by atoms with Crippen LogP contribution in [0.15, 0.2) is 30.3 Å². The maximum atomic E-state index is 13.0. The molecule has 1 aromatic rings. The Hall–Kier alpha value is -1.50. The molecule has 33 heavy (non-hydrogen) atoms. The molecule has 0 unspecified atom stereocenters. The van der Waals surface area contributed by atoms with Gasteiger partial charge in [0.15, 0.2) is 6.29 Å². The average Bonchev–Trinajstić information content (AvgIpc) is 2.69. The maximum Gasteiger partial charge on any atom is 0.523 e. The number of benzene rings is 1. The monoisotopic (exact) mass is 530 g/mol. The summed E-state index contributed by atoms with van der Waals surface area (Å²) in [6.07, 6.45) is -11.1. The number of ether oxygens (including phenoxy) is 3. The molecule has 188 valence electrons. The second-order valence-electron chi connectivity index (χ2n) is 6.98. The Labute approximate surface area is 183 Å². The van der Waals surface area contributed by atoms with E-state index in [2.05, 4.69) is 8.37 Å². The minimum absolute atomic E-state index is 0.326. The molecule has 2 aliphatic rings. The zero-order valence-electron chi connectivity index (χ0n) is 16.3. The van der Waals surface area contributed by atoms with Gasteiger partial charge in [-0.2, -0.15) is 43.2 Å². The summed E-state index contributed by atoms with van der Waals surface area (Å²) in [7, 11) is -12.8. The highest BCUT2D eigenvalue weighted by Gasteiger charge is 2.59. The Morgan fingerprint density at radius 3 is 1.88 bits per heavy atom. The van der Waals surface area contributed by atoms with Crippen LogP contribution in [0.4, 0.5) is 26.3 Å². The van der Waals surface area contributed by atoms with Crippen molar-refractivity contribution in [3.05, 3.63) is 35.9 Å². The molecule has 0 amide bonds. The van der Waals surface area contributed by atoms with Gasteiger partial charge in [0, 0.05) is 5.56 Å². The van der Waals surface area contributed by atoms with E-state index in [4.69, 9.17) is 14.2 Å². The van der Waals surface area contributed by atoms with Crippen LogP contribution < -0.4 is 0 Å². The minimum Gasteiger partial charge on any atom is -0.367 e. The van der Waals surface area contributed by atoms with Gasteiger partial charge in [-0.3, -0.25) is 8.37 Å². The van der Waals surface area contributed by atoms with Crippen LogP contribution in [0.5, 0.6) is 0 Å². The van der Waals surface area contributed by atoms with Gasteiger partial charge in [0.2, 0.25) is 0 Å². The molecular formula is C16H16F6O9S2. The normalized spacial score (nSPS) is 31.7. The molecule has 3 rings (SSSR count). The van der Waals surface area contributed by atoms with Crippen molar-refractivity contribution in [1.82, 2.24) is 0 Å². The van der Waals surface area contributed by atoms with Gasteiger partial charge in [-0.25, -0.2) is 0 Å². The quantitative estimate of drug-likeness (QED) is 0.322. The Morgan fingerprint density at radius 1 is 0.848 bits per heavy atom. The number of hydrogen-bond donors (Lipinski definition) is 0. The van der Waals surface area contributed by atoms with Gasteiger partial charge in [-0.1, -0.05) is 30.3 Å². The second kappa shape index (κ2) is 8.94. The molecule has 2 fully saturated rings. The maximum absolute atomic E-state index is 13.0. The Morgan fingerprint density at radius 2 is 1.36 bits per heavy atom. The molecular weight excluding hydrogens is 514 g/mol. The van der Waals surface area contributed by atoms with E-state index in [-0.39, 0.29) is 6.61 Å². The SMILES string of the molecule is C[C@@H]1O[C@@H]2CO[C@@H](c3ccccc3)O[C@H]2[C@H](OS(=O)(=O)C(F)(F)F)[C@H]1OS(=O)(=O)C(F)(F)F. The fourth-order valence-corrected chi connectivity index (χ4v) is 4.48. The zero-order chi connectivity index (χ0) is 24.8. The van der Waals surface area contributed by atoms with E-state index < -0.39 is 68.1 Å². The number of rotatable bonds is 5. The molecule has 2 saturated heterocycles. The predicted octanol–water partition coefficient (Wildman–Crippen LogP) is 2.36. The summed E-state index contributed by atoms with van der Waals surface area (Å²) in [4.78, 5) is 0. The molecule has 0 bridgehead atoms. The van der Waals surface area contributed by atoms with E-state index >= 15 is 0 Å². The third-order valence-corrected chi connectivity index (χ3v) is 6.76. The van der Waals surface area contributed by atoms with Crippen molar-refractivity contribution in [1.29, 1.82) is 0 Å². The molecule has 0 N–H and O–H groups in total. The number of fused-ring (bicyclic) bond motifs is 1. The first kappa shape index (κ1) is 26.1. The summed E-state index contributed by atoms with van der Waals surface area (Å²) in [6.45, 7) is 0.575. The van der Waals surface area contributed by atoms with E-state index in [1.807, 2.05) is 0 Å². The first-order valence-corrected chi connectivity index (χ1v) is 11.8. The van der Waals surface area contributed by atoms with E-state index in [9.17, 15) is 43.2 Å². The van der Waals surface area contributed by atoms with Gasteiger partial charge in [-0.15, -0.1) is 0 Å². The molecule has 17 heteroatoms. The third-order valence-electron chi connectivity index (χ3n) is 4.67. The second-order valence-corrected chi connectivity index (χ2v) is 10.1. The van der Waals surface area contributed by atoms with Crippen molar-refractivity contribution in [3.63, 3.8) is 0 Å². The van der Waals surface area contributed by atoms with Crippen LogP contribution in [0, 0.1) is 0 Å². The summed E-state index contributed by atoms with van der Waals surface area (Å²) >= 11 is 0. The Bertz CT molecular complexity index is 1040. The van der Waals surface area contributed by atoms with Crippen molar-refractivity contribution in [2.24, 2.45) is 0 Å². The molecule has 9 nitrogen and oxygen atoms in total. The van der Waals surface area contributed by atoms with Crippen LogP contribution in [0.25, 0.3) is 0 Å². The standard InChI is InChI=1S/C16H16F6O9S2/c1-8-11(30-32(23,24)15(17,18)19)13(31-33(25,26)16(20,21)22)12-10(28-8)7-27-14(29-12)9-5-3-2-4-6-9/h2-6,8,10-14H,7H2,1H3/t8-,10+,11-,12+,13+,14+/m0/s1. The highest BCUT2D eigenvalue weighted by molar-refractivity contribution is 7.88. The Kier molecular flexibility index (Phi) is 7.07. The molecule has 0 spiro atoms. The van der Waals surface area contributed by atoms with E-state index in [1.54, 1.807) is 18.2 Å². The largest absolute Gasteiger partial charge is 0.523 e. The zero-order valence-corrected chi connectivity index (χ0v) is 17.9. The van der Waals surface area contributed by atoms with Crippen LogP contribution in [0.2, 0.25) is 0 Å². The van der Waals surface area contributed by atoms with Gasteiger partial charge in [0.25, 0.3) is 0 Å². The number of hydrogen-bond acceptors (Lipinski definition) is 9. The van der Waals surface area contributed by atoms with Gasteiger partial charge in [0.05, 0.1) is 12.7 Å². The summed E-state index contributed by atoms with van der Waals surface area (Å²) in [5, 5.41) is 0. The molecule has 2 heterocycles. The van der Waals surface area contributed by atoms with Crippen LogP contribution in [-0.2, 0) is 42.8 Å². The third kappa shape index (κ3) is 5.44. The van der Waals surface area contributed by atoms with Gasteiger partial charge in [-0.05, 0) is 6.92 Å². The molecule has 1 aromatic carbocycles. The van der Waals surface area contributed by atoms with E-state index in [1.165, 1.54) is 12.1 Å². The topological polar surface area (TPSA) is 114 Å². The fourth-order valence-electron chi connectivity index (χ4n) is 3.19.